The molecular formula is C27H35BrN2O4. The molecule has 2 heterocycles. The van der Waals surface area contributed by atoms with E-state index in [0.29, 0.717) is 35.7 Å². The molecule has 1 aromatic carbocycles. The lowest BCUT2D eigenvalue weighted by Gasteiger charge is -2.41. The van der Waals surface area contributed by atoms with Gasteiger partial charge in [0.1, 0.15) is 0 Å². The number of piperidine rings is 1. The Morgan fingerprint density at radius 3 is 2.56 bits per heavy atom. The lowest BCUT2D eigenvalue weighted by molar-refractivity contribution is -0.128. The van der Waals surface area contributed by atoms with Crippen molar-refractivity contribution < 1.29 is 19.1 Å². The molecule has 184 valence electrons. The van der Waals surface area contributed by atoms with Crippen molar-refractivity contribution in [1.82, 2.24) is 10.2 Å². The Morgan fingerprint density at radius 2 is 1.91 bits per heavy atom. The summed E-state index contributed by atoms with van der Waals surface area (Å²) >= 11 is 3.63. The molecule has 0 bridgehead atoms. The summed E-state index contributed by atoms with van der Waals surface area (Å²) in [7, 11) is 1.61. The number of hydrogen-bond donors (Lipinski definition) is 1. The van der Waals surface area contributed by atoms with Crippen LogP contribution >= 0.6 is 15.9 Å². The molecular weight excluding hydrogens is 496 g/mol. The average Bonchev–Trinajstić information content (AvgIpc) is 2.77. The quantitative estimate of drug-likeness (QED) is 0.546. The first-order chi connectivity index (χ1) is 16.2. The third kappa shape index (κ3) is 4.64. The number of ether oxygens (including phenoxy) is 2. The highest BCUT2D eigenvalue weighted by Crippen LogP contribution is 2.49. The van der Waals surface area contributed by atoms with Gasteiger partial charge in [0.05, 0.1) is 18.2 Å². The summed E-state index contributed by atoms with van der Waals surface area (Å²) in [4.78, 5) is 29.4. The Kier molecular flexibility index (Phi) is 7.13. The number of rotatable bonds is 5. The second-order valence-electron chi connectivity index (χ2n) is 10.2. The Hall–Kier alpha value is -2.28. The number of nitrogens with one attached hydrogen (secondary N) is 1. The SMILES string of the molecule is CCOc1cc([C@@H]2C(C(=O)N3CCCCC3)=C(C)NC3=C2C(=O)CC(C)(C)C3)cc(Br)c1OC. The summed E-state index contributed by atoms with van der Waals surface area (Å²) in [6.07, 6.45) is 4.40. The van der Waals surface area contributed by atoms with E-state index in [1.54, 1.807) is 7.11 Å². The minimum atomic E-state index is -0.448. The highest BCUT2D eigenvalue weighted by molar-refractivity contribution is 9.10. The molecule has 0 spiro atoms. The molecule has 1 amide bonds. The Labute approximate surface area is 210 Å². The molecule has 0 saturated carbocycles. The van der Waals surface area contributed by atoms with Crippen LogP contribution in [0.15, 0.2) is 39.1 Å². The number of amides is 1. The van der Waals surface area contributed by atoms with E-state index >= 15 is 0 Å². The Balaban J connectivity index is 1.89. The van der Waals surface area contributed by atoms with E-state index in [0.717, 1.165) is 60.2 Å². The molecule has 2 aliphatic heterocycles. The van der Waals surface area contributed by atoms with Crippen LogP contribution in [0.5, 0.6) is 11.5 Å². The Morgan fingerprint density at radius 1 is 1.21 bits per heavy atom. The molecule has 1 saturated heterocycles. The number of likely N-dealkylation sites (tertiary alicyclic amines) is 1. The number of benzene rings is 1. The normalized spacial score (nSPS) is 22.4. The van der Waals surface area contributed by atoms with Crippen LogP contribution in [0.4, 0.5) is 0 Å². The van der Waals surface area contributed by atoms with Crippen molar-refractivity contribution >= 4 is 27.6 Å². The molecule has 1 N–H and O–H groups in total. The highest BCUT2D eigenvalue weighted by atomic mass is 79.9. The van der Waals surface area contributed by atoms with Crippen molar-refractivity contribution in [3.8, 4) is 11.5 Å². The van der Waals surface area contributed by atoms with Crippen LogP contribution in [-0.4, -0.2) is 43.4 Å². The van der Waals surface area contributed by atoms with Gasteiger partial charge < -0.3 is 19.7 Å². The lowest BCUT2D eigenvalue weighted by Crippen LogP contribution is -2.43. The molecule has 0 radical (unpaired) electrons. The van der Waals surface area contributed by atoms with E-state index < -0.39 is 5.92 Å². The third-order valence-electron chi connectivity index (χ3n) is 6.98. The zero-order valence-corrected chi connectivity index (χ0v) is 22.4. The van der Waals surface area contributed by atoms with Gasteiger partial charge in [0, 0.05) is 48.0 Å². The van der Waals surface area contributed by atoms with Crippen molar-refractivity contribution in [2.45, 2.75) is 65.7 Å². The van der Waals surface area contributed by atoms with Gasteiger partial charge in [-0.05, 0) is 78.6 Å². The van der Waals surface area contributed by atoms with Crippen molar-refractivity contribution in [3.63, 3.8) is 0 Å². The molecule has 1 aliphatic carbocycles. The zero-order chi connectivity index (χ0) is 24.6. The summed E-state index contributed by atoms with van der Waals surface area (Å²) in [5.74, 6) is 0.875. The van der Waals surface area contributed by atoms with Crippen LogP contribution in [0.2, 0.25) is 0 Å². The van der Waals surface area contributed by atoms with Gasteiger partial charge in [0.2, 0.25) is 0 Å². The number of ketones is 1. The maximum absolute atomic E-state index is 13.9. The maximum Gasteiger partial charge on any atom is 0.252 e. The first-order valence-electron chi connectivity index (χ1n) is 12.2. The van der Waals surface area contributed by atoms with Gasteiger partial charge in [-0.1, -0.05) is 13.8 Å². The van der Waals surface area contributed by atoms with Gasteiger partial charge in [-0.2, -0.15) is 0 Å². The fourth-order valence-corrected chi connectivity index (χ4v) is 6.16. The summed E-state index contributed by atoms with van der Waals surface area (Å²) in [6.45, 7) is 10.1. The summed E-state index contributed by atoms with van der Waals surface area (Å²) in [5, 5.41) is 3.47. The minimum Gasteiger partial charge on any atom is -0.492 e. The lowest BCUT2D eigenvalue weighted by atomic mass is 9.68. The number of dihydropyridines is 1. The molecule has 1 aromatic rings. The molecule has 3 aliphatic rings. The molecule has 1 atom stereocenters. The number of halogens is 1. The van der Waals surface area contributed by atoms with Crippen LogP contribution < -0.4 is 14.8 Å². The summed E-state index contributed by atoms with van der Waals surface area (Å²) < 4.78 is 12.2. The molecule has 34 heavy (non-hydrogen) atoms. The number of allylic oxidation sites excluding steroid dienone is 3. The monoisotopic (exact) mass is 530 g/mol. The van der Waals surface area contributed by atoms with Crippen molar-refractivity contribution in [2.75, 3.05) is 26.8 Å². The predicted molar refractivity (Wildman–Crippen MR) is 136 cm³/mol. The van der Waals surface area contributed by atoms with Crippen molar-refractivity contribution in [1.29, 1.82) is 0 Å². The number of carbonyl (C=O) groups is 2. The van der Waals surface area contributed by atoms with E-state index in [1.807, 2.05) is 30.9 Å². The predicted octanol–water partition coefficient (Wildman–Crippen LogP) is 5.47. The van der Waals surface area contributed by atoms with Crippen LogP contribution in [-0.2, 0) is 9.59 Å². The van der Waals surface area contributed by atoms with E-state index in [1.165, 1.54) is 0 Å². The third-order valence-corrected chi connectivity index (χ3v) is 7.57. The van der Waals surface area contributed by atoms with E-state index in [4.69, 9.17) is 9.47 Å². The number of hydrogen-bond acceptors (Lipinski definition) is 5. The molecule has 6 nitrogen and oxygen atoms in total. The Bertz CT molecular complexity index is 1070. The second-order valence-corrected chi connectivity index (χ2v) is 11.1. The molecule has 0 unspecified atom stereocenters. The summed E-state index contributed by atoms with van der Waals surface area (Å²) in [6, 6.07) is 3.89. The smallest absolute Gasteiger partial charge is 0.252 e. The van der Waals surface area contributed by atoms with Crippen LogP contribution in [0, 0.1) is 5.41 Å². The fourth-order valence-electron chi connectivity index (χ4n) is 5.54. The average molecular weight is 531 g/mol. The van der Waals surface area contributed by atoms with Gasteiger partial charge in [-0.15, -0.1) is 0 Å². The van der Waals surface area contributed by atoms with E-state index in [2.05, 4.69) is 35.1 Å². The first-order valence-corrected chi connectivity index (χ1v) is 13.0. The van der Waals surface area contributed by atoms with Gasteiger partial charge in [-0.25, -0.2) is 0 Å². The van der Waals surface area contributed by atoms with Crippen molar-refractivity contribution in [3.05, 3.63) is 44.7 Å². The highest BCUT2D eigenvalue weighted by Gasteiger charge is 2.44. The number of methoxy groups -OCH3 is 1. The molecule has 4 rings (SSSR count). The second kappa shape index (κ2) is 9.76. The molecule has 1 fully saturated rings. The van der Waals surface area contributed by atoms with Gasteiger partial charge in [-0.3, -0.25) is 9.59 Å². The van der Waals surface area contributed by atoms with Gasteiger partial charge in [0.25, 0.3) is 5.91 Å². The largest absolute Gasteiger partial charge is 0.492 e. The fraction of sp³-hybridized carbons (Fsp3) is 0.556. The standard InChI is InChI=1S/C27H35BrN2O4/c1-6-34-21-13-17(12-18(28)25(21)33-5)23-22(26(32)30-10-8-7-9-11-30)16(2)29-19-14-27(3,4)15-20(31)24(19)23/h12-13,23,29H,6-11,14-15H2,1-5H3/t23-/m1/s1. The first kappa shape index (κ1) is 24.8. The zero-order valence-electron chi connectivity index (χ0n) is 20.8. The van der Waals surface area contributed by atoms with Crippen LogP contribution in [0.25, 0.3) is 0 Å². The topological polar surface area (TPSA) is 67.9 Å². The maximum atomic E-state index is 13.9. The molecule has 7 heteroatoms. The molecule has 0 aromatic heterocycles. The van der Waals surface area contributed by atoms with E-state index in [-0.39, 0.29) is 17.1 Å². The number of Topliss-reactive ketones (excluding diaryl/α,β-unsaturated/α-hetero) is 1. The minimum absolute atomic E-state index is 0.0174. The van der Waals surface area contributed by atoms with Crippen LogP contribution in [0.1, 0.15) is 71.3 Å². The summed E-state index contributed by atoms with van der Waals surface area (Å²) in [5.41, 5.74) is 3.87. The number of carbonyl (C=O) groups excluding carboxylic acids is 2. The van der Waals surface area contributed by atoms with Crippen LogP contribution in [0.3, 0.4) is 0 Å². The van der Waals surface area contributed by atoms with Gasteiger partial charge in [0.15, 0.2) is 17.3 Å². The van der Waals surface area contributed by atoms with Gasteiger partial charge >= 0.3 is 0 Å². The van der Waals surface area contributed by atoms with Crippen molar-refractivity contribution in [2.24, 2.45) is 5.41 Å². The van der Waals surface area contributed by atoms with E-state index in [9.17, 15) is 9.59 Å². The number of nitrogens with zero attached hydrogens (tertiary/aromatic N) is 1.